The van der Waals surface area contributed by atoms with Gasteiger partial charge >= 0.3 is 12.1 Å². The highest BCUT2D eigenvalue weighted by Crippen LogP contribution is 2.25. The number of ether oxygens (including phenoxy) is 1. The first kappa shape index (κ1) is 24.1. The zero-order chi connectivity index (χ0) is 25.2. The van der Waals surface area contributed by atoms with Crippen molar-refractivity contribution in [2.75, 3.05) is 6.54 Å². The van der Waals surface area contributed by atoms with Crippen molar-refractivity contribution in [1.29, 1.82) is 0 Å². The highest BCUT2D eigenvalue weighted by Gasteiger charge is 2.43. The van der Waals surface area contributed by atoms with E-state index in [-0.39, 0.29) is 49.8 Å². The van der Waals surface area contributed by atoms with Crippen molar-refractivity contribution in [3.05, 3.63) is 93.2 Å². The van der Waals surface area contributed by atoms with Crippen LogP contribution >= 0.6 is 0 Å². The molecule has 0 saturated heterocycles. The fraction of sp³-hybridized carbons (Fsp3) is 0.250. The fourth-order valence-corrected chi connectivity index (χ4v) is 3.67. The molecule has 11 heteroatoms. The van der Waals surface area contributed by atoms with Gasteiger partial charge in [0.05, 0.1) is 6.20 Å². The molecular weight excluding hydrogens is 470 g/mol. The highest BCUT2D eigenvalue weighted by atomic mass is 19.4. The van der Waals surface area contributed by atoms with Gasteiger partial charge in [0.1, 0.15) is 24.7 Å². The van der Waals surface area contributed by atoms with Gasteiger partial charge in [-0.3, -0.25) is 14.4 Å². The molecule has 0 radical (unpaired) electrons. The summed E-state index contributed by atoms with van der Waals surface area (Å²) in [4.78, 5) is 37.4. The Balaban J connectivity index is 1.42. The molecule has 4 rings (SSSR count). The average Bonchev–Trinajstić information content (AvgIpc) is 2.83. The van der Waals surface area contributed by atoms with Crippen LogP contribution in [-0.4, -0.2) is 39.1 Å². The summed E-state index contributed by atoms with van der Waals surface area (Å²) >= 11 is 0. The molecule has 0 unspecified atom stereocenters. The summed E-state index contributed by atoms with van der Waals surface area (Å²) in [6.07, 6.45) is -3.45. The molecule has 2 aromatic carbocycles. The molecule has 0 saturated carbocycles. The molecule has 1 aromatic heterocycles. The van der Waals surface area contributed by atoms with Crippen molar-refractivity contribution >= 4 is 11.7 Å². The Morgan fingerprint density at radius 3 is 2.46 bits per heavy atom. The third-order valence-corrected chi connectivity index (χ3v) is 5.53. The fourth-order valence-electron chi connectivity index (χ4n) is 3.67. The Hall–Kier alpha value is -4.02. The molecule has 1 aliphatic heterocycles. The Bertz CT molecular complexity index is 1320. The predicted molar refractivity (Wildman–Crippen MR) is 115 cm³/mol. The van der Waals surface area contributed by atoms with Crippen molar-refractivity contribution < 1.29 is 31.9 Å². The quantitative estimate of drug-likeness (QED) is 0.392. The van der Waals surface area contributed by atoms with Crippen molar-refractivity contribution in [1.82, 2.24) is 14.7 Å². The summed E-state index contributed by atoms with van der Waals surface area (Å²) in [5, 5.41) is 3.94. The van der Waals surface area contributed by atoms with Crippen LogP contribution in [0.3, 0.4) is 0 Å². The van der Waals surface area contributed by atoms with Gasteiger partial charge in [0.25, 0.3) is 5.56 Å². The number of amides is 1. The smallest absolute Gasteiger partial charge is 0.471 e. The van der Waals surface area contributed by atoms with Crippen molar-refractivity contribution in [3.8, 4) is 5.75 Å². The predicted octanol–water partition coefficient (Wildman–Crippen LogP) is 3.29. The van der Waals surface area contributed by atoms with Gasteiger partial charge in [-0.1, -0.05) is 24.3 Å². The standard InChI is InChI=1S/C24H19F4N3O4/c25-19-5-1-15(2-6-19)14-35-20-10-22(33)31(29-11-20)13-21(32)17-4-3-16-7-8-30(12-18(16)9-17)23(34)24(26,27)28/h1-6,9-11H,7-8,12-14H2. The summed E-state index contributed by atoms with van der Waals surface area (Å²) in [7, 11) is 0. The Kier molecular flexibility index (Phi) is 6.68. The Morgan fingerprint density at radius 1 is 1.03 bits per heavy atom. The van der Waals surface area contributed by atoms with Crippen LogP contribution in [0, 0.1) is 5.82 Å². The molecule has 3 aromatic rings. The van der Waals surface area contributed by atoms with E-state index in [0.29, 0.717) is 16.0 Å². The molecule has 0 spiro atoms. The topological polar surface area (TPSA) is 81.5 Å². The van der Waals surface area contributed by atoms with Gasteiger partial charge in [-0.15, -0.1) is 0 Å². The van der Waals surface area contributed by atoms with Gasteiger partial charge < -0.3 is 9.64 Å². The first-order chi connectivity index (χ1) is 16.6. The molecule has 0 atom stereocenters. The third kappa shape index (κ3) is 5.73. The molecule has 0 aliphatic carbocycles. The number of fused-ring (bicyclic) bond motifs is 1. The summed E-state index contributed by atoms with van der Waals surface area (Å²) in [5.41, 5.74) is 1.49. The maximum atomic E-state index is 13.0. The van der Waals surface area contributed by atoms with E-state index in [2.05, 4.69) is 5.10 Å². The van der Waals surface area contributed by atoms with Crippen LogP contribution in [0.25, 0.3) is 0 Å². The number of hydrogen-bond acceptors (Lipinski definition) is 5. The minimum atomic E-state index is -4.97. The van der Waals surface area contributed by atoms with Crippen molar-refractivity contribution in [2.45, 2.75) is 32.3 Å². The normalized spacial score (nSPS) is 13.3. The SMILES string of the molecule is O=C(Cn1ncc(OCc2ccc(F)cc2)cc1=O)c1ccc2c(c1)CN(C(=O)C(F)(F)F)CC2. The summed E-state index contributed by atoms with van der Waals surface area (Å²) in [6.45, 7) is -0.616. The summed E-state index contributed by atoms with van der Waals surface area (Å²) < 4.78 is 57.7. The molecule has 0 fully saturated rings. The molecule has 35 heavy (non-hydrogen) atoms. The second kappa shape index (κ2) is 9.69. The number of nitrogens with zero attached hydrogens (tertiary/aromatic N) is 3. The molecule has 7 nitrogen and oxygen atoms in total. The second-order valence-corrected chi connectivity index (χ2v) is 7.98. The van der Waals surface area contributed by atoms with E-state index in [9.17, 15) is 31.9 Å². The van der Waals surface area contributed by atoms with Gasteiger partial charge in [-0.25, -0.2) is 9.07 Å². The molecular formula is C24H19F4N3O4. The molecule has 2 heterocycles. The number of benzene rings is 2. The molecule has 1 aliphatic rings. The number of alkyl halides is 3. The number of rotatable bonds is 6. The maximum absolute atomic E-state index is 13.0. The lowest BCUT2D eigenvalue weighted by Gasteiger charge is -2.29. The van der Waals surface area contributed by atoms with E-state index in [1.807, 2.05) is 0 Å². The van der Waals surface area contributed by atoms with E-state index >= 15 is 0 Å². The molecule has 182 valence electrons. The van der Waals surface area contributed by atoms with E-state index < -0.39 is 23.4 Å². The highest BCUT2D eigenvalue weighted by molar-refractivity contribution is 5.96. The number of halogens is 4. The third-order valence-electron chi connectivity index (χ3n) is 5.53. The molecule has 0 bridgehead atoms. The van der Waals surface area contributed by atoms with Crippen LogP contribution in [0.15, 0.2) is 59.5 Å². The van der Waals surface area contributed by atoms with Gasteiger partial charge in [0, 0.05) is 24.7 Å². The monoisotopic (exact) mass is 489 g/mol. The first-order valence-electron chi connectivity index (χ1n) is 10.6. The van der Waals surface area contributed by atoms with E-state index in [4.69, 9.17) is 4.74 Å². The number of carbonyl (C=O) groups is 2. The number of ketones is 1. The van der Waals surface area contributed by atoms with Crippen LogP contribution in [0.2, 0.25) is 0 Å². The average molecular weight is 489 g/mol. The Morgan fingerprint density at radius 2 is 1.77 bits per heavy atom. The van der Waals surface area contributed by atoms with Crippen LogP contribution < -0.4 is 10.3 Å². The van der Waals surface area contributed by atoms with Crippen LogP contribution in [-0.2, 0) is 30.9 Å². The van der Waals surface area contributed by atoms with Crippen LogP contribution in [0.4, 0.5) is 17.6 Å². The van der Waals surface area contributed by atoms with E-state index in [1.54, 1.807) is 18.2 Å². The zero-order valence-electron chi connectivity index (χ0n) is 18.2. The summed E-state index contributed by atoms with van der Waals surface area (Å²) in [5.74, 6) is -2.60. The number of carbonyl (C=O) groups excluding carboxylic acids is 2. The van der Waals surface area contributed by atoms with Crippen LogP contribution in [0.1, 0.15) is 27.0 Å². The number of aromatic nitrogens is 2. The molecule has 0 N–H and O–H groups in total. The van der Waals surface area contributed by atoms with E-state index in [1.165, 1.54) is 30.5 Å². The van der Waals surface area contributed by atoms with Crippen molar-refractivity contribution in [3.63, 3.8) is 0 Å². The van der Waals surface area contributed by atoms with Gasteiger partial charge in [0.2, 0.25) is 0 Å². The maximum Gasteiger partial charge on any atom is 0.471 e. The lowest BCUT2D eigenvalue weighted by Crippen LogP contribution is -2.43. The largest absolute Gasteiger partial charge is 0.487 e. The second-order valence-electron chi connectivity index (χ2n) is 7.98. The summed E-state index contributed by atoms with van der Waals surface area (Å²) in [6, 6.07) is 11.4. The van der Waals surface area contributed by atoms with Gasteiger partial charge in [-0.05, 0) is 41.3 Å². The Labute approximate surface area is 196 Å². The number of Topliss-reactive ketones (excluding diaryl/α,β-unsaturated/α-hetero) is 1. The van der Waals surface area contributed by atoms with E-state index in [0.717, 1.165) is 16.3 Å². The lowest BCUT2D eigenvalue weighted by molar-refractivity contribution is -0.186. The van der Waals surface area contributed by atoms with Crippen LogP contribution in [0.5, 0.6) is 5.75 Å². The van der Waals surface area contributed by atoms with Crippen molar-refractivity contribution in [2.24, 2.45) is 0 Å². The minimum Gasteiger partial charge on any atom is -0.487 e. The molecule has 1 amide bonds. The van der Waals surface area contributed by atoms with Gasteiger partial charge in [0.15, 0.2) is 5.78 Å². The van der Waals surface area contributed by atoms with Gasteiger partial charge in [-0.2, -0.15) is 18.3 Å². The minimum absolute atomic E-state index is 0.0620. The first-order valence-corrected chi connectivity index (χ1v) is 10.6. The number of hydrogen-bond donors (Lipinski definition) is 0. The zero-order valence-corrected chi connectivity index (χ0v) is 18.2. The lowest BCUT2D eigenvalue weighted by atomic mass is 9.96.